The fourth-order valence-corrected chi connectivity index (χ4v) is 6.63. The van der Waals surface area contributed by atoms with Crippen LogP contribution in [0.3, 0.4) is 0 Å². The van der Waals surface area contributed by atoms with Gasteiger partial charge in [0.25, 0.3) is 0 Å². The van der Waals surface area contributed by atoms with Gasteiger partial charge in [0.1, 0.15) is 0 Å². The van der Waals surface area contributed by atoms with Crippen molar-refractivity contribution in [2.24, 2.45) is 5.92 Å². The summed E-state index contributed by atoms with van der Waals surface area (Å²) in [6.07, 6.45) is 0.874. The van der Waals surface area contributed by atoms with Crippen LogP contribution in [0.15, 0.2) is 113 Å². The van der Waals surface area contributed by atoms with Gasteiger partial charge in [-0.15, -0.1) is 11.8 Å². The summed E-state index contributed by atoms with van der Waals surface area (Å²) in [5.74, 6) is 0.780. The number of rotatable bonds is 10. The van der Waals surface area contributed by atoms with E-state index < -0.39 is 16.3 Å². The molecule has 1 fully saturated rings. The maximum absolute atomic E-state index is 12.6. The summed E-state index contributed by atoms with van der Waals surface area (Å²) in [7, 11) is -3.60. The Balaban J connectivity index is 1.32. The first-order chi connectivity index (χ1) is 19.4. The fourth-order valence-electron chi connectivity index (χ4n) is 4.56. The Labute approximate surface area is 239 Å². The van der Waals surface area contributed by atoms with Crippen LogP contribution in [-0.4, -0.2) is 30.4 Å². The molecule has 0 aliphatic carbocycles. The number of aliphatic hydroxyl groups excluding tert-OH is 1. The second-order valence-electron chi connectivity index (χ2n) is 9.68. The van der Waals surface area contributed by atoms with E-state index in [0.717, 1.165) is 27.3 Å². The highest BCUT2D eigenvalue weighted by atomic mass is 32.2. The molecule has 2 heterocycles. The van der Waals surface area contributed by atoms with Crippen LogP contribution in [0.2, 0.25) is 0 Å². The van der Waals surface area contributed by atoms with Crippen LogP contribution in [0.25, 0.3) is 0 Å². The minimum Gasteiger partial charge on any atom is -0.392 e. The Hall–Kier alpha value is -3.05. The Bertz CT molecular complexity index is 1470. The lowest BCUT2D eigenvalue weighted by atomic mass is 9.91. The van der Waals surface area contributed by atoms with Gasteiger partial charge in [-0.2, -0.15) is 0 Å². The maximum Gasteiger partial charge on any atom is 0.240 e. The SMILES string of the molecule is C[C@H]1[C@@H](CSc2ccccn2)OC(c2ccc(CNS(=O)(=O)c3ccccc3)cc2)O[C@H]1c1ccc(CO)cc1. The Morgan fingerprint density at radius 1 is 0.850 bits per heavy atom. The van der Waals surface area contributed by atoms with E-state index >= 15 is 0 Å². The molecule has 5 rings (SSSR count). The third-order valence-corrected chi connectivity index (χ3v) is 9.38. The van der Waals surface area contributed by atoms with E-state index in [4.69, 9.17) is 9.47 Å². The Morgan fingerprint density at radius 3 is 2.20 bits per heavy atom. The van der Waals surface area contributed by atoms with Crippen LogP contribution in [0.4, 0.5) is 0 Å². The molecular weight excluding hydrogens is 544 g/mol. The van der Waals surface area contributed by atoms with Gasteiger partial charge in [-0.25, -0.2) is 18.1 Å². The molecule has 1 aromatic heterocycles. The topological polar surface area (TPSA) is 97.8 Å². The third kappa shape index (κ3) is 6.98. The molecular formula is C31H32N2O5S2. The number of sulfonamides is 1. The quantitative estimate of drug-likeness (QED) is 0.236. The van der Waals surface area contributed by atoms with Crippen LogP contribution in [0.1, 0.15) is 41.6 Å². The van der Waals surface area contributed by atoms with Gasteiger partial charge >= 0.3 is 0 Å². The number of ether oxygens (including phenoxy) is 2. The van der Waals surface area contributed by atoms with Crippen molar-refractivity contribution >= 4 is 21.8 Å². The highest BCUT2D eigenvalue weighted by Crippen LogP contribution is 2.42. The summed E-state index contributed by atoms with van der Waals surface area (Å²) in [4.78, 5) is 4.66. The predicted molar refractivity (Wildman–Crippen MR) is 155 cm³/mol. The van der Waals surface area contributed by atoms with Gasteiger partial charge in [-0.3, -0.25) is 0 Å². The number of hydrogen-bond donors (Lipinski definition) is 2. The van der Waals surface area contributed by atoms with E-state index in [1.165, 1.54) is 0 Å². The first kappa shape index (κ1) is 28.5. The summed E-state index contributed by atoms with van der Waals surface area (Å²) < 4.78 is 40.8. The van der Waals surface area contributed by atoms with Crippen molar-refractivity contribution in [1.82, 2.24) is 9.71 Å². The highest BCUT2D eigenvalue weighted by Gasteiger charge is 2.38. The zero-order chi connectivity index (χ0) is 28.0. The van der Waals surface area contributed by atoms with Crippen molar-refractivity contribution in [3.05, 3.63) is 126 Å². The van der Waals surface area contributed by atoms with E-state index in [9.17, 15) is 13.5 Å². The number of nitrogens with one attached hydrogen (secondary N) is 1. The van der Waals surface area contributed by atoms with Crippen LogP contribution < -0.4 is 4.72 Å². The molecule has 3 aromatic carbocycles. The van der Waals surface area contributed by atoms with Crippen LogP contribution in [0, 0.1) is 5.92 Å². The molecule has 0 amide bonds. The molecule has 0 saturated carbocycles. The first-order valence-electron chi connectivity index (χ1n) is 13.1. The normalized spacial score (nSPS) is 21.2. The molecule has 2 N–H and O–H groups in total. The standard InChI is InChI=1S/C31H32N2O5S2/c1-22-28(21-39-29-9-5-6-18-32-29)37-31(38-30(22)25-14-12-24(20-34)13-15-25)26-16-10-23(11-17-26)19-33-40(35,36)27-7-3-2-4-8-27/h2-18,22,28,30-31,33-34H,19-21H2,1H3/t22-,28+,30+,31?/m0/s1. The molecule has 4 aromatic rings. The predicted octanol–water partition coefficient (Wildman–Crippen LogP) is 5.64. The summed E-state index contributed by atoms with van der Waals surface area (Å²) in [6.45, 7) is 2.29. The van der Waals surface area contributed by atoms with Crippen LogP contribution >= 0.6 is 11.8 Å². The smallest absolute Gasteiger partial charge is 0.240 e. The van der Waals surface area contributed by atoms with Gasteiger partial charge in [-0.05, 0) is 41.0 Å². The van der Waals surface area contributed by atoms with Crippen molar-refractivity contribution in [3.8, 4) is 0 Å². The molecule has 208 valence electrons. The molecule has 1 unspecified atom stereocenters. The molecule has 9 heteroatoms. The molecule has 0 radical (unpaired) electrons. The van der Waals surface area contributed by atoms with Gasteiger partial charge in [0, 0.05) is 30.0 Å². The maximum atomic E-state index is 12.6. The van der Waals surface area contributed by atoms with E-state index in [-0.39, 0.29) is 36.2 Å². The van der Waals surface area contributed by atoms with Crippen molar-refractivity contribution in [2.45, 2.75) is 48.5 Å². The summed E-state index contributed by atoms with van der Waals surface area (Å²) >= 11 is 1.65. The van der Waals surface area contributed by atoms with Gasteiger partial charge in [0.15, 0.2) is 6.29 Å². The minimum absolute atomic E-state index is 0.00963. The van der Waals surface area contributed by atoms with Crippen LogP contribution in [-0.2, 0) is 32.6 Å². The average molecular weight is 577 g/mol. The van der Waals surface area contributed by atoms with Gasteiger partial charge in [0.05, 0.1) is 28.7 Å². The molecule has 4 atom stereocenters. The second kappa shape index (κ2) is 13.1. The zero-order valence-corrected chi connectivity index (χ0v) is 23.7. The molecule has 1 saturated heterocycles. The number of aliphatic hydroxyl groups is 1. The lowest BCUT2D eigenvalue weighted by Crippen LogP contribution is -2.38. The summed E-state index contributed by atoms with van der Waals surface area (Å²) in [5.41, 5.74) is 3.55. The zero-order valence-electron chi connectivity index (χ0n) is 22.1. The largest absolute Gasteiger partial charge is 0.392 e. The summed E-state index contributed by atoms with van der Waals surface area (Å²) in [5, 5.41) is 10.4. The fraction of sp³-hybridized carbons (Fsp3) is 0.258. The number of thioether (sulfide) groups is 1. The number of pyridine rings is 1. The van der Waals surface area contributed by atoms with Crippen molar-refractivity contribution in [2.75, 3.05) is 5.75 Å². The number of benzene rings is 3. The molecule has 0 spiro atoms. The molecule has 7 nitrogen and oxygen atoms in total. The van der Waals surface area contributed by atoms with Crippen molar-refractivity contribution in [3.63, 3.8) is 0 Å². The van der Waals surface area contributed by atoms with E-state index in [0.29, 0.717) is 5.75 Å². The van der Waals surface area contributed by atoms with E-state index in [2.05, 4.69) is 16.6 Å². The van der Waals surface area contributed by atoms with Gasteiger partial charge < -0.3 is 14.6 Å². The third-order valence-electron chi connectivity index (χ3n) is 6.93. The average Bonchev–Trinajstić information content (AvgIpc) is 3.01. The van der Waals surface area contributed by atoms with Gasteiger partial charge in [-0.1, -0.05) is 79.7 Å². The molecule has 0 bridgehead atoms. The van der Waals surface area contributed by atoms with E-state index in [1.54, 1.807) is 48.3 Å². The highest BCUT2D eigenvalue weighted by molar-refractivity contribution is 7.99. The van der Waals surface area contributed by atoms with Gasteiger partial charge in [0.2, 0.25) is 10.0 Å². The van der Waals surface area contributed by atoms with Crippen molar-refractivity contribution in [1.29, 1.82) is 0 Å². The van der Waals surface area contributed by atoms with E-state index in [1.807, 2.05) is 66.7 Å². The first-order valence-corrected chi connectivity index (χ1v) is 15.6. The lowest BCUT2D eigenvalue weighted by Gasteiger charge is -2.41. The number of nitrogens with zero attached hydrogens (tertiary/aromatic N) is 1. The second-order valence-corrected chi connectivity index (χ2v) is 12.5. The monoisotopic (exact) mass is 576 g/mol. The number of aromatic nitrogens is 1. The van der Waals surface area contributed by atoms with Crippen LogP contribution in [0.5, 0.6) is 0 Å². The Morgan fingerprint density at radius 2 is 1.52 bits per heavy atom. The van der Waals surface area contributed by atoms with Crippen molar-refractivity contribution < 1.29 is 23.0 Å². The molecule has 1 aliphatic rings. The number of hydrogen-bond acceptors (Lipinski definition) is 7. The minimum atomic E-state index is -3.60. The lowest BCUT2D eigenvalue weighted by molar-refractivity contribution is -0.268. The molecule has 40 heavy (non-hydrogen) atoms. The molecule has 1 aliphatic heterocycles. The Kier molecular flexibility index (Phi) is 9.31. The summed E-state index contributed by atoms with van der Waals surface area (Å²) in [6, 6.07) is 29.6.